The Morgan fingerprint density at radius 2 is 2.22 bits per heavy atom. The number of aryl methyl sites for hydroxylation is 1. The number of carbonyl (C=O) groups is 1. The molecule has 2 rings (SSSR count). The van der Waals surface area contributed by atoms with E-state index in [0.29, 0.717) is 12.3 Å². The predicted molar refractivity (Wildman–Crippen MR) is 71.5 cm³/mol. The molecule has 1 saturated carbocycles. The van der Waals surface area contributed by atoms with Crippen LogP contribution in [0.25, 0.3) is 0 Å². The van der Waals surface area contributed by atoms with Crippen LogP contribution in [0.15, 0.2) is 5.38 Å². The lowest BCUT2D eigenvalue weighted by Gasteiger charge is -2.25. The molecule has 0 unspecified atom stereocenters. The molecule has 0 saturated heterocycles. The van der Waals surface area contributed by atoms with Gasteiger partial charge in [-0.15, -0.1) is 11.3 Å². The van der Waals surface area contributed by atoms with Gasteiger partial charge in [0.05, 0.1) is 23.2 Å². The zero-order valence-corrected chi connectivity index (χ0v) is 11.5. The summed E-state index contributed by atoms with van der Waals surface area (Å²) in [6, 6.07) is 0. The van der Waals surface area contributed by atoms with Crippen molar-refractivity contribution in [2.45, 2.75) is 45.1 Å². The number of hydrogen-bond acceptors (Lipinski definition) is 4. The van der Waals surface area contributed by atoms with Crippen molar-refractivity contribution in [1.29, 1.82) is 0 Å². The summed E-state index contributed by atoms with van der Waals surface area (Å²) >= 11 is 1.57. The number of aliphatic hydroxyl groups is 1. The third-order valence-electron chi connectivity index (χ3n) is 3.41. The Balaban J connectivity index is 1.68. The van der Waals surface area contributed by atoms with Crippen molar-refractivity contribution in [3.05, 3.63) is 16.1 Å². The molecule has 0 radical (unpaired) electrons. The minimum Gasteiger partial charge on any atom is -0.393 e. The summed E-state index contributed by atoms with van der Waals surface area (Å²) in [5, 5.41) is 15.3. The Morgan fingerprint density at radius 1 is 1.50 bits per heavy atom. The van der Waals surface area contributed by atoms with Crippen LogP contribution in [0.5, 0.6) is 0 Å². The second-order valence-electron chi connectivity index (χ2n) is 5.01. The molecule has 0 bridgehead atoms. The average molecular weight is 268 g/mol. The summed E-state index contributed by atoms with van der Waals surface area (Å²) in [7, 11) is 0. The molecule has 0 spiro atoms. The molecule has 0 atom stereocenters. The quantitative estimate of drug-likeness (QED) is 0.873. The van der Waals surface area contributed by atoms with Gasteiger partial charge in [-0.2, -0.15) is 0 Å². The molecule has 1 aromatic rings. The standard InChI is InChI=1S/C13H20N2O2S/c1-9-15-11(8-18-9)6-13(17)14-7-10-2-4-12(16)5-3-10/h8,10,12,16H,2-7H2,1H3,(H,14,17). The van der Waals surface area contributed by atoms with E-state index in [4.69, 9.17) is 0 Å². The number of hydrogen-bond donors (Lipinski definition) is 2. The monoisotopic (exact) mass is 268 g/mol. The first-order valence-electron chi connectivity index (χ1n) is 6.49. The Morgan fingerprint density at radius 3 is 2.83 bits per heavy atom. The van der Waals surface area contributed by atoms with Gasteiger partial charge in [0.15, 0.2) is 0 Å². The molecule has 1 aromatic heterocycles. The number of aromatic nitrogens is 1. The van der Waals surface area contributed by atoms with E-state index in [1.165, 1.54) is 0 Å². The Bertz CT molecular complexity index is 397. The minimum absolute atomic E-state index is 0.0476. The van der Waals surface area contributed by atoms with E-state index in [2.05, 4.69) is 10.3 Å². The van der Waals surface area contributed by atoms with Crippen molar-refractivity contribution in [1.82, 2.24) is 10.3 Å². The molecule has 100 valence electrons. The Hall–Kier alpha value is -0.940. The largest absolute Gasteiger partial charge is 0.393 e. The SMILES string of the molecule is Cc1nc(CC(=O)NCC2CCC(O)CC2)cs1. The highest BCUT2D eigenvalue weighted by Crippen LogP contribution is 2.23. The first kappa shape index (κ1) is 13.5. The maximum Gasteiger partial charge on any atom is 0.226 e. The lowest BCUT2D eigenvalue weighted by molar-refractivity contribution is -0.120. The Labute approximate surface area is 111 Å². The fourth-order valence-corrected chi connectivity index (χ4v) is 2.94. The van der Waals surface area contributed by atoms with Crippen LogP contribution < -0.4 is 5.32 Å². The average Bonchev–Trinajstić information content (AvgIpc) is 2.74. The summed E-state index contributed by atoms with van der Waals surface area (Å²) in [6.07, 6.45) is 4.00. The van der Waals surface area contributed by atoms with Crippen LogP contribution >= 0.6 is 11.3 Å². The molecule has 0 aliphatic heterocycles. The second-order valence-corrected chi connectivity index (χ2v) is 6.08. The van der Waals surface area contributed by atoms with E-state index in [0.717, 1.165) is 42.9 Å². The smallest absolute Gasteiger partial charge is 0.226 e. The maximum absolute atomic E-state index is 11.7. The fourth-order valence-electron chi connectivity index (χ4n) is 2.32. The van der Waals surface area contributed by atoms with E-state index in [9.17, 15) is 9.90 Å². The van der Waals surface area contributed by atoms with E-state index < -0.39 is 0 Å². The van der Waals surface area contributed by atoms with Gasteiger partial charge in [-0.3, -0.25) is 4.79 Å². The molecule has 1 fully saturated rings. The molecule has 5 heteroatoms. The van der Waals surface area contributed by atoms with Gasteiger partial charge in [0, 0.05) is 11.9 Å². The van der Waals surface area contributed by atoms with Crippen molar-refractivity contribution in [3.8, 4) is 0 Å². The molecular weight excluding hydrogens is 248 g/mol. The third kappa shape index (κ3) is 4.07. The zero-order valence-electron chi connectivity index (χ0n) is 10.7. The molecule has 1 amide bonds. The van der Waals surface area contributed by atoms with Crippen molar-refractivity contribution < 1.29 is 9.90 Å². The third-order valence-corrected chi connectivity index (χ3v) is 4.23. The fraction of sp³-hybridized carbons (Fsp3) is 0.692. The van der Waals surface area contributed by atoms with Crippen molar-refractivity contribution in [3.63, 3.8) is 0 Å². The zero-order chi connectivity index (χ0) is 13.0. The van der Waals surface area contributed by atoms with Gasteiger partial charge in [0.1, 0.15) is 0 Å². The molecule has 1 heterocycles. The normalized spacial score (nSPS) is 23.9. The van der Waals surface area contributed by atoms with Gasteiger partial charge < -0.3 is 10.4 Å². The molecule has 0 aromatic carbocycles. The molecule has 2 N–H and O–H groups in total. The molecular formula is C13H20N2O2S. The number of rotatable bonds is 4. The van der Waals surface area contributed by atoms with Gasteiger partial charge in [-0.25, -0.2) is 4.98 Å². The summed E-state index contributed by atoms with van der Waals surface area (Å²) in [4.78, 5) is 16.0. The minimum atomic E-state index is -0.130. The molecule has 1 aliphatic rings. The van der Waals surface area contributed by atoms with E-state index in [-0.39, 0.29) is 12.0 Å². The highest BCUT2D eigenvalue weighted by molar-refractivity contribution is 7.09. The summed E-state index contributed by atoms with van der Waals surface area (Å²) in [5.74, 6) is 0.570. The Kier molecular flexibility index (Phi) is 4.72. The van der Waals surface area contributed by atoms with Gasteiger partial charge in [0.25, 0.3) is 0 Å². The van der Waals surface area contributed by atoms with E-state index in [1.54, 1.807) is 11.3 Å². The highest BCUT2D eigenvalue weighted by Gasteiger charge is 2.19. The summed E-state index contributed by atoms with van der Waals surface area (Å²) in [6.45, 7) is 2.67. The second kappa shape index (κ2) is 6.29. The van der Waals surface area contributed by atoms with Crippen molar-refractivity contribution >= 4 is 17.2 Å². The lowest BCUT2D eigenvalue weighted by atomic mass is 9.87. The van der Waals surface area contributed by atoms with Crippen LogP contribution in [0.3, 0.4) is 0 Å². The van der Waals surface area contributed by atoms with Gasteiger partial charge in [-0.1, -0.05) is 0 Å². The van der Waals surface area contributed by atoms with E-state index >= 15 is 0 Å². The van der Waals surface area contributed by atoms with Gasteiger partial charge >= 0.3 is 0 Å². The molecule has 4 nitrogen and oxygen atoms in total. The number of aliphatic hydroxyl groups excluding tert-OH is 1. The highest BCUT2D eigenvalue weighted by atomic mass is 32.1. The predicted octanol–water partition coefficient (Wildman–Crippen LogP) is 1.66. The molecule has 1 aliphatic carbocycles. The van der Waals surface area contributed by atoms with Crippen molar-refractivity contribution in [2.24, 2.45) is 5.92 Å². The van der Waals surface area contributed by atoms with Gasteiger partial charge in [-0.05, 0) is 38.5 Å². The van der Waals surface area contributed by atoms with Gasteiger partial charge in [0.2, 0.25) is 5.91 Å². The number of nitrogens with zero attached hydrogens (tertiary/aromatic N) is 1. The summed E-state index contributed by atoms with van der Waals surface area (Å²) < 4.78 is 0. The first-order valence-corrected chi connectivity index (χ1v) is 7.37. The van der Waals surface area contributed by atoms with Crippen LogP contribution in [0, 0.1) is 12.8 Å². The van der Waals surface area contributed by atoms with Crippen LogP contribution in [-0.2, 0) is 11.2 Å². The van der Waals surface area contributed by atoms with Crippen LogP contribution in [0.1, 0.15) is 36.4 Å². The lowest BCUT2D eigenvalue weighted by Crippen LogP contribution is -2.33. The summed E-state index contributed by atoms with van der Waals surface area (Å²) in [5.41, 5.74) is 0.856. The van der Waals surface area contributed by atoms with Crippen LogP contribution in [0.4, 0.5) is 0 Å². The van der Waals surface area contributed by atoms with E-state index in [1.807, 2.05) is 12.3 Å². The van der Waals surface area contributed by atoms with Crippen LogP contribution in [0.2, 0.25) is 0 Å². The maximum atomic E-state index is 11.7. The number of amides is 1. The van der Waals surface area contributed by atoms with Crippen LogP contribution in [-0.4, -0.2) is 28.6 Å². The molecule has 18 heavy (non-hydrogen) atoms. The number of nitrogens with one attached hydrogen (secondary N) is 1. The van der Waals surface area contributed by atoms with Crippen molar-refractivity contribution in [2.75, 3.05) is 6.54 Å². The topological polar surface area (TPSA) is 62.2 Å². The number of carbonyl (C=O) groups excluding carboxylic acids is 1. The first-order chi connectivity index (χ1) is 8.63. The number of thiazole rings is 1.